The van der Waals surface area contributed by atoms with Gasteiger partial charge < -0.3 is 0 Å². The van der Waals surface area contributed by atoms with E-state index in [0.29, 0.717) is 10.9 Å². The monoisotopic (exact) mass is 200 g/mol. The minimum Gasteiger partial charge on any atom is -0.230 e. The third kappa shape index (κ3) is 3.72. The molecule has 1 heterocycles. The SMILES string of the molecule is CCC(C)CSc1cc(F)ncn1. The molecule has 0 radical (unpaired) electrons. The standard InChI is InChI=1S/C9H13FN2S/c1-3-7(2)5-13-9-4-8(10)11-6-12-9/h4,6-7H,3,5H2,1-2H3. The minimum absolute atomic E-state index is 0.457. The largest absolute Gasteiger partial charge is 0.230 e. The quantitative estimate of drug-likeness (QED) is 0.552. The summed E-state index contributed by atoms with van der Waals surface area (Å²) >= 11 is 1.58. The molecule has 1 atom stereocenters. The summed E-state index contributed by atoms with van der Waals surface area (Å²) < 4.78 is 12.6. The number of nitrogens with zero attached hydrogens (tertiary/aromatic N) is 2. The number of aromatic nitrogens is 2. The van der Waals surface area contributed by atoms with Crippen molar-refractivity contribution in [3.05, 3.63) is 18.3 Å². The number of hydrogen-bond donors (Lipinski definition) is 0. The Morgan fingerprint density at radius 1 is 1.54 bits per heavy atom. The maximum atomic E-state index is 12.6. The lowest BCUT2D eigenvalue weighted by Gasteiger charge is -2.06. The molecule has 1 rings (SSSR count). The number of rotatable bonds is 4. The van der Waals surface area contributed by atoms with Gasteiger partial charge in [-0.25, -0.2) is 9.97 Å². The van der Waals surface area contributed by atoms with Gasteiger partial charge in [0.05, 0.1) is 0 Å². The summed E-state index contributed by atoms with van der Waals surface area (Å²) in [6, 6.07) is 1.37. The van der Waals surface area contributed by atoms with Crippen molar-refractivity contribution in [1.29, 1.82) is 0 Å². The topological polar surface area (TPSA) is 25.8 Å². The Hall–Kier alpha value is -0.640. The van der Waals surface area contributed by atoms with Gasteiger partial charge in [-0.3, -0.25) is 0 Å². The molecule has 0 saturated heterocycles. The normalized spacial score (nSPS) is 12.8. The molecular weight excluding hydrogens is 187 g/mol. The van der Waals surface area contributed by atoms with Crippen LogP contribution in [0.1, 0.15) is 20.3 Å². The van der Waals surface area contributed by atoms with E-state index in [9.17, 15) is 4.39 Å². The van der Waals surface area contributed by atoms with Crippen molar-refractivity contribution in [3.8, 4) is 0 Å². The molecule has 0 aliphatic heterocycles. The summed E-state index contributed by atoms with van der Waals surface area (Å²) in [6.45, 7) is 4.32. The van der Waals surface area contributed by atoms with E-state index < -0.39 is 5.95 Å². The first-order valence-electron chi connectivity index (χ1n) is 4.32. The maximum Gasteiger partial charge on any atom is 0.217 e. The highest BCUT2D eigenvalue weighted by atomic mass is 32.2. The van der Waals surface area contributed by atoms with E-state index in [1.54, 1.807) is 11.8 Å². The molecule has 1 aromatic rings. The Morgan fingerprint density at radius 2 is 2.31 bits per heavy atom. The van der Waals surface area contributed by atoms with Gasteiger partial charge in [0.25, 0.3) is 0 Å². The van der Waals surface area contributed by atoms with Gasteiger partial charge >= 0.3 is 0 Å². The first kappa shape index (κ1) is 10.4. The number of thioether (sulfide) groups is 1. The number of halogens is 1. The molecule has 13 heavy (non-hydrogen) atoms. The lowest BCUT2D eigenvalue weighted by Crippen LogP contribution is -1.96. The zero-order valence-electron chi connectivity index (χ0n) is 7.83. The van der Waals surface area contributed by atoms with Crippen LogP contribution in [0.4, 0.5) is 4.39 Å². The molecule has 0 saturated carbocycles. The van der Waals surface area contributed by atoms with Gasteiger partial charge in [-0.05, 0) is 5.92 Å². The van der Waals surface area contributed by atoms with E-state index in [4.69, 9.17) is 0 Å². The second kappa shape index (κ2) is 5.17. The zero-order valence-corrected chi connectivity index (χ0v) is 8.64. The first-order valence-corrected chi connectivity index (χ1v) is 5.31. The molecule has 0 fully saturated rings. The lowest BCUT2D eigenvalue weighted by atomic mass is 10.2. The highest BCUT2D eigenvalue weighted by Crippen LogP contribution is 2.19. The summed E-state index contributed by atoms with van der Waals surface area (Å²) in [4.78, 5) is 7.35. The molecule has 0 aliphatic rings. The molecule has 1 aromatic heterocycles. The summed E-state index contributed by atoms with van der Waals surface area (Å²) in [5, 5.41) is 0.716. The molecule has 0 aliphatic carbocycles. The van der Waals surface area contributed by atoms with E-state index in [1.165, 1.54) is 12.4 Å². The Balaban J connectivity index is 2.45. The van der Waals surface area contributed by atoms with Crippen LogP contribution in [-0.4, -0.2) is 15.7 Å². The van der Waals surface area contributed by atoms with Crippen LogP contribution in [0, 0.1) is 11.9 Å². The Kier molecular flexibility index (Phi) is 4.15. The lowest BCUT2D eigenvalue weighted by molar-refractivity contribution is 0.572. The van der Waals surface area contributed by atoms with Crippen molar-refractivity contribution in [1.82, 2.24) is 9.97 Å². The third-order valence-corrected chi connectivity index (χ3v) is 3.08. The highest BCUT2D eigenvalue weighted by Gasteiger charge is 2.02. The van der Waals surface area contributed by atoms with Crippen molar-refractivity contribution in [2.24, 2.45) is 5.92 Å². The first-order chi connectivity index (χ1) is 6.22. The van der Waals surface area contributed by atoms with Gasteiger partial charge in [-0.2, -0.15) is 4.39 Å². The highest BCUT2D eigenvalue weighted by molar-refractivity contribution is 7.99. The van der Waals surface area contributed by atoms with Crippen molar-refractivity contribution in [2.45, 2.75) is 25.3 Å². The fourth-order valence-electron chi connectivity index (χ4n) is 0.742. The molecule has 0 aromatic carbocycles. The minimum atomic E-state index is -0.457. The molecule has 1 unspecified atom stereocenters. The molecular formula is C9H13FN2S. The fraction of sp³-hybridized carbons (Fsp3) is 0.556. The van der Waals surface area contributed by atoms with Gasteiger partial charge in [0.15, 0.2) is 0 Å². The fourth-order valence-corrected chi connectivity index (χ4v) is 1.74. The average Bonchev–Trinajstić information content (AvgIpc) is 2.14. The molecule has 0 bridgehead atoms. The summed E-state index contributed by atoms with van der Waals surface area (Å²) in [5.41, 5.74) is 0. The Bertz CT molecular complexity index is 268. The van der Waals surface area contributed by atoms with Gasteiger partial charge in [0.2, 0.25) is 5.95 Å². The van der Waals surface area contributed by atoms with E-state index >= 15 is 0 Å². The van der Waals surface area contributed by atoms with E-state index in [1.807, 2.05) is 0 Å². The second-order valence-corrected chi connectivity index (χ2v) is 4.04. The van der Waals surface area contributed by atoms with Crippen LogP contribution in [-0.2, 0) is 0 Å². The van der Waals surface area contributed by atoms with Gasteiger partial charge in [0, 0.05) is 11.8 Å². The van der Waals surface area contributed by atoms with Crippen LogP contribution >= 0.6 is 11.8 Å². The molecule has 0 spiro atoms. The summed E-state index contributed by atoms with van der Waals surface area (Å²) in [5.74, 6) is 1.16. The van der Waals surface area contributed by atoms with Gasteiger partial charge in [0.1, 0.15) is 11.4 Å². The van der Waals surface area contributed by atoms with E-state index in [2.05, 4.69) is 23.8 Å². The van der Waals surface area contributed by atoms with E-state index in [0.717, 1.165) is 12.2 Å². The van der Waals surface area contributed by atoms with Crippen LogP contribution in [0.2, 0.25) is 0 Å². The Labute approximate surface area is 82.0 Å². The van der Waals surface area contributed by atoms with Gasteiger partial charge in [-0.1, -0.05) is 20.3 Å². The smallest absolute Gasteiger partial charge is 0.217 e. The summed E-state index contributed by atoms with van der Waals surface area (Å²) in [6.07, 6.45) is 2.40. The van der Waals surface area contributed by atoms with Crippen LogP contribution in [0.25, 0.3) is 0 Å². The molecule has 4 heteroatoms. The third-order valence-electron chi connectivity index (χ3n) is 1.82. The van der Waals surface area contributed by atoms with Crippen LogP contribution in [0.5, 0.6) is 0 Å². The average molecular weight is 200 g/mol. The van der Waals surface area contributed by atoms with Crippen molar-refractivity contribution < 1.29 is 4.39 Å². The van der Waals surface area contributed by atoms with Crippen LogP contribution in [0.3, 0.4) is 0 Å². The predicted octanol–water partition coefficient (Wildman–Crippen LogP) is 2.75. The summed E-state index contributed by atoms with van der Waals surface area (Å²) in [7, 11) is 0. The molecule has 0 amide bonds. The van der Waals surface area contributed by atoms with Gasteiger partial charge in [-0.15, -0.1) is 11.8 Å². The van der Waals surface area contributed by atoms with Crippen LogP contribution in [0.15, 0.2) is 17.4 Å². The Morgan fingerprint density at radius 3 is 2.92 bits per heavy atom. The number of hydrogen-bond acceptors (Lipinski definition) is 3. The second-order valence-electron chi connectivity index (χ2n) is 3.00. The van der Waals surface area contributed by atoms with Crippen molar-refractivity contribution >= 4 is 11.8 Å². The maximum absolute atomic E-state index is 12.6. The predicted molar refractivity (Wildman–Crippen MR) is 52.2 cm³/mol. The molecule has 2 nitrogen and oxygen atoms in total. The van der Waals surface area contributed by atoms with Crippen LogP contribution < -0.4 is 0 Å². The van der Waals surface area contributed by atoms with Crippen molar-refractivity contribution in [3.63, 3.8) is 0 Å². The van der Waals surface area contributed by atoms with E-state index in [-0.39, 0.29) is 0 Å². The zero-order chi connectivity index (χ0) is 9.68. The van der Waals surface area contributed by atoms with Crippen molar-refractivity contribution in [2.75, 3.05) is 5.75 Å². The molecule has 72 valence electrons. The molecule has 0 N–H and O–H groups in total.